The van der Waals surface area contributed by atoms with Crippen LogP contribution in [0.25, 0.3) is 0 Å². The smallest absolute Gasteiger partial charge is 0.166 e. The van der Waals surface area contributed by atoms with Gasteiger partial charge in [-0.05, 0) is 24.1 Å². The van der Waals surface area contributed by atoms with E-state index >= 15 is 0 Å². The van der Waals surface area contributed by atoms with E-state index < -0.39 is 5.82 Å². The molecule has 2 aromatic carbocycles. The molecule has 0 radical (unpaired) electrons. The van der Waals surface area contributed by atoms with E-state index in [1.807, 2.05) is 30.3 Å². The third kappa shape index (κ3) is 3.41. The first kappa shape index (κ1) is 13.3. The maximum Gasteiger partial charge on any atom is 0.166 e. The highest BCUT2D eigenvalue weighted by Gasteiger charge is 2.12. The van der Waals surface area contributed by atoms with Crippen molar-refractivity contribution in [3.63, 3.8) is 0 Å². The van der Waals surface area contributed by atoms with Gasteiger partial charge in [-0.25, -0.2) is 4.39 Å². The van der Waals surface area contributed by atoms with Crippen LogP contribution in [0.2, 0.25) is 0 Å². The molecule has 0 bridgehead atoms. The Hall–Kier alpha value is -2.16. The Morgan fingerprint density at radius 3 is 2.58 bits per heavy atom. The van der Waals surface area contributed by atoms with Crippen LogP contribution in [0.3, 0.4) is 0 Å². The number of ketones is 1. The van der Waals surface area contributed by atoms with Gasteiger partial charge in [-0.3, -0.25) is 4.79 Å². The quantitative estimate of drug-likeness (QED) is 0.765. The monoisotopic (exact) mass is 258 g/mol. The van der Waals surface area contributed by atoms with Gasteiger partial charge in [-0.2, -0.15) is 0 Å². The highest BCUT2D eigenvalue weighted by molar-refractivity contribution is 5.98. The normalized spacial score (nSPS) is 10.2. The second-order valence-corrected chi connectivity index (χ2v) is 4.25. The molecule has 0 heterocycles. The molecule has 0 spiro atoms. The fraction of sp³-hybridized carbons (Fsp3) is 0.188. The fourth-order valence-electron chi connectivity index (χ4n) is 1.93. The predicted molar refractivity (Wildman–Crippen MR) is 72.0 cm³/mol. The molecule has 2 nitrogen and oxygen atoms in total. The van der Waals surface area contributed by atoms with Crippen molar-refractivity contribution >= 4 is 5.78 Å². The van der Waals surface area contributed by atoms with E-state index in [2.05, 4.69) is 0 Å². The summed E-state index contributed by atoms with van der Waals surface area (Å²) in [5.74, 6) is -0.157. The van der Waals surface area contributed by atoms with Crippen molar-refractivity contribution in [1.82, 2.24) is 0 Å². The summed E-state index contributed by atoms with van der Waals surface area (Å²) in [6.45, 7) is 0. The number of carbonyl (C=O) groups is 1. The lowest BCUT2D eigenvalue weighted by atomic mass is 10.0. The zero-order valence-corrected chi connectivity index (χ0v) is 10.7. The van der Waals surface area contributed by atoms with Gasteiger partial charge in [0.25, 0.3) is 0 Å². The SMILES string of the molecule is COc1cc(F)ccc1C(=O)CCc1ccccc1. The minimum Gasteiger partial charge on any atom is -0.496 e. The molecule has 19 heavy (non-hydrogen) atoms. The van der Waals surface area contributed by atoms with Gasteiger partial charge in [0, 0.05) is 12.5 Å². The van der Waals surface area contributed by atoms with Gasteiger partial charge in [-0.15, -0.1) is 0 Å². The van der Waals surface area contributed by atoms with Gasteiger partial charge in [0.1, 0.15) is 11.6 Å². The molecule has 0 amide bonds. The van der Waals surface area contributed by atoms with Crippen molar-refractivity contribution in [2.45, 2.75) is 12.8 Å². The van der Waals surface area contributed by atoms with Crippen LogP contribution in [0.1, 0.15) is 22.3 Å². The number of benzene rings is 2. The number of aryl methyl sites for hydroxylation is 1. The fourth-order valence-corrected chi connectivity index (χ4v) is 1.93. The lowest BCUT2D eigenvalue weighted by Crippen LogP contribution is -2.04. The van der Waals surface area contributed by atoms with E-state index in [-0.39, 0.29) is 11.5 Å². The van der Waals surface area contributed by atoms with Crippen LogP contribution < -0.4 is 4.74 Å². The average molecular weight is 258 g/mol. The van der Waals surface area contributed by atoms with Crippen LogP contribution in [0.5, 0.6) is 5.75 Å². The van der Waals surface area contributed by atoms with Gasteiger partial charge in [-0.1, -0.05) is 30.3 Å². The van der Waals surface area contributed by atoms with Gasteiger partial charge in [0.2, 0.25) is 0 Å². The Labute approximate surface area is 111 Å². The van der Waals surface area contributed by atoms with Crippen molar-refractivity contribution < 1.29 is 13.9 Å². The minimum absolute atomic E-state index is 0.0410. The molecule has 0 saturated carbocycles. The Kier molecular flexibility index (Phi) is 4.29. The molecule has 0 fully saturated rings. The number of carbonyl (C=O) groups excluding carboxylic acids is 1. The maximum atomic E-state index is 13.1. The van der Waals surface area contributed by atoms with Crippen molar-refractivity contribution in [3.05, 3.63) is 65.5 Å². The van der Waals surface area contributed by atoms with Crippen LogP contribution in [-0.4, -0.2) is 12.9 Å². The standard InChI is InChI=1S/C16H15FO2/c1-19-16-11-13(17)8-9-14(16)15(18)10-7-12-5-3-2-4-6-12/h2-6,8-9,11H,7,10H2,1H3. The summed E-state index contributed by atoms with van der Waals surface area (Å²) >= 11 is 0. The summed E-state index contributed by atoms with van der Waals surface area (Å²) < 4.78 is 18.1. The summed E-state index contributed by atoms with van der Waals surface area (Å²) in [6, 6.07) is 13.8. The second kappa shape index (κ2) is 6.14. The molecule has 0 N–H and O–H groups in total. The molecule has 0 aliphatic carbocycles. The first-order valence-electron chi connectivity index (χ1n) is 6.11. The molecule has 0 unspecified atom stereocenters. The predicted octanol–water partition coefficient (Wildman–Crippen LogP) is 3.65. The van der Waals surface area contributed by atoms with E-state index in [1.165, 1.54) is 25.3 Å². The summed E-state index contributed by atoms with van der Waals surface area (Å²) in [6.07, 6.45) is 1.05. The first-order valence-corrected chi connectivity index (χ1v) is 6.11. The van der Waals surface area contributed by atoms with E-state index in [0.717, 1.165) is 5.56 Å². The van der Waals surface area contributed by atoms with Crippen molar-refractivity contribution in [2.24, 2.45) is 0 Å². The third-order valence-corrected chi connectivity index (χ3v) is 2.95. The Morgan fingerprint density at radius 1 is 1.16 bits per heavy atom. The second-order valence-electron chi connectivity index (χ2n) is 4.25. The lowest BCUT2D eigenvalue weighted by Gasteiger charge is -2.07. The zero-order chi connectivity index (χ0) is 13.7. The molecule has 2 aromatic rings. The van der Waals surface area contributed by atoms with Crippen molar-refractivity contribution in [3.8, 4) is 5.75 Å². The van der Waals surface area contributed by atoms with Crippen molar-refractivity contribution in [1.29, 1.82) is 0 Å². The lowest BCUT2D eigenvalue weighted by molar-refractivity contribution is 0.0980. The van der Waals surface area contributed by atoms with Crippen LogP contribution in [0.15, 0.2) is 48.5 Å². The Morgan fingerprint density at radius 2 is 1.89 bits per heavy atom. The van der Waals surface area contributed by atoms with Crippen LogP contribution >= 0.6 is 0 Å². The van der Waals surface area contributed by atoms with Crippen LogP contribution in [-0.2, 0) is 6.42 Å². The number of halogens is 1. The molecular weight excluding hydrogens is 243 g/mol. The van der Waals surface area contributed by atoms with Crippen LogP contribution in [0.4, 0.5) is 4.39 Å². The van der Waals surface area contributed by atoms with Gasteiger partial charge < -0.3 is 4.74 Å². The summed E-state index contributed by atoms with van der Waals surface area (Å²) in [7, 11) is 1.43. The van der Waals surface area contributed by atoms with Gasteiger partial charge in [0.15, 0.2) is 5.78 Å². The summed E-state index contributed by atoms with van der Waals surface area (Å²) in [4.78, 5) is 12.1. The topological polar surface area (TPSA) is 26.3 Å². The third-order valence-electron chi connectivity index (χ3n) is 2.95. The van der Waals surface area contributed by atoms with E-state index in [1.54, 1.807) is 0 Å². The first-order chi connectivity index (χ1) is 9.20. The number of hydrogen-bond donors (Lipinski definition) is 0. The number of hydrogen-bond acceptors (Lipinski definition) is 2. The molecule has 98 valence electrons. The number of Topliss-reactive ketones (excluding diaryl/α,β-unsaturated/α-hetero) is 1. The largest absolute Gasteiger partial charge is 0.496 e. The maximum absolute atomic E-state index is 13.1. The summed E-state index contributed by atoms with van der Waals surface area (Å²) in [5.41, 5.74) is 1.54. The number of rotatable bonds is 5. The number of methoxy groups -OCH3 is 1. The average Bonchev–Trinajstić information content (AvgIpc) is 2.45. The van der Waals surface area contributed by atoms with Gasteiger partial charge >= 0.3 is 0 Å². The minimum atomic E-state index is -0.406. The highest BCUT2D eigenvalue weighted by Crippen LogP contribution is 2.21. The molecule has 0 aliphatic heterocycles. The Balaban J connectivity index is 2.08. The molecule has 2 rings (SSSR count). The molecule has 0 atom stereocenters. The van der Waals surface area contributed by atoms with Crippen molar-refractivity contribution in [2.75, 3.05) is 7.11 Å². The molecular formula is C16H15FO2. The molecule has 3 heteroatoms. The van der Waals surface area contributed by atoms with E-state index in [0.29, 0.717) is 18.4 Å². The molecule has 0 aromatic heterocycles. The van der Waals surface area contributed by atoms with Gasteiger partial charge in [0.05, 0.1) is 12.7 Å². The summed E-state index contributed by atoms with van der Waals surface area (Å²) in [5, 5.41) is 0. The Bertz CT molecular complexity index is 564. The van der Waals surface area contributed by atoms with Crippen LogP contribution in [0, 0.1) is 5.82 Å². The number of ether oxygens (including phenoxy) is 1. The van der Waals surface area contributed by atoms with E-state index in [4.69, 9.17) is 4.74 Å². The molecule has 0 aliphatic rings. The van der Waals surface area contributed by atoms with E-state index in [9.17, 15) is 9.18 Å². The molecule has 0 saturated heterocycles. The highest BCUT2D eigenvalue weighted by atomic mass is 19.1. The zero-order valence-electron chi connectivity index (χ0n) is 10.7.